The van der Waals surface area contributed by atoms with E-state index in [4.69, 9.17) is 16.3 Å². The van der Waals surface area contributed by atoms with Crippen molar-refractivity contribution >= 4 is 27.3 Å². The molecule has 9 heteroatoms. The van der Waals surface area contributed by atoms with Gasteiger partial charge in [-0.15, -0.1) is 0 Å². The molecule has 1 fully saturated rings. The van der Waals surface area contributed by atoms with Gasteiger partial charge in [-0.05, 0) is 62.4 Å². The third kappa shape index (κ3) is 5.87. The first-order valence-electron chi connectivity index (χ1n) is 11.6. The molecule has 2 aromatic carbocycles. The third-order valence-electron chi connectivity index (χ3n) is 6.07. The first-order valence-corrected chi connectivity index (χ1v) is 13.7. The fraction of sp³-hybridized carbons (Fsp3) is 0.385. The number of aromatic nitrogens is 2. The van der Waals surface area contributed by atoms with E-state index in [1.807, 2.05) is 13.8 Å². The Bertz CT molecular complexity index is 1320. The average molecular weight is 516 g/mol. The molecule has 1 heterocycles. The molecule has 186 valence electrons. The second kappa shape index (κ2) is 10.4. The van der Waals surface area contributed by atoms with Crippen LogP contribution in [0.4, 0.5) is 0 Å². The number of halogens is 1. The predicted molar refractivity (Wildman–Crippen MR) is 135 cm³/mol. The summed E-state index contributed by atoms with van der Waals surface area (Å²) >= 11 is 6.22. The quantitative estimate of drug-likeness (QED) is 0.373. The van der Waals surface area contributed by atoms with Gasteiger partial charge in [-0.3, -0.25) is 4.79 Å². The van der Waals surface area contributed by atoms with Crippen molar-refractivity contribution in [1.29, 1.82) is 0 Å². The van der Waals surface area contributed by atoms with E-state index in [-0.39, 0.29) is 29.4 Å². The van der Waals surface area contributed by atoms with Gasteiger partial charge in [0, 0.05) is 23.2 Å². The number of methoxy groups -OCH3 is 1. The smallest absolute Gasteiger partial charge is 0.254 e. The molecule has 0 radical (unpaired) electrons. The zero-order chi connectivity index (χ0) is 25.2. The van der Waals surface area contributed by atoms with Gasteiger partial charge in [0.1, 0.15) is 5.75 Å². The predicted octanol–water partition coefficient (Wildman–Crippen LogP) is 5.15. The highest BCUT2D eigenvalue weighted by molar-refractivity contribution is 7.90. The fourth-order valence-electron chi connectivity index (χ4n) is 4.13. The van der Waals surface area contributed by atoms with E-state index in [0.29, 0.717) is 40.1 Å². The molecular formula is C26H30ClN3O4S. The summed E-state index contributed by atoms with van der Waals surface area (Å²) in [6.07, 6.45) is 3.74. The average Bonchev–Trinajstić information content (AvgIpc) is 3.54. The SMILES string of the molecule is COc1cccc(C(=O)N(Cc2cnc(S(=O)(=O)Cc3ccccc3Cl)n2C(C)C)CC2CC2)c1. The highest BCUT2D eigenvalue weighted by Crippen LogP contribution is 2.32. The number of carbonyl (C=O) groups is 1. The fourth-order valence-corrected chi connectivity index (χ4v) is 6.04. The van der Waals surface area contributed by atoms with Crippen LogP contribution < -0.4 is 4.74 Å². The number of imidazole rings is 1. The number of amides is 1. The van der Waals surface area contributed by atoms with Gasteiger partial charge in [0.05, 0.1) is 31.3 Å². The molecule has 0 saturated heterocycles. The van der Waals surface area contributed by atoms with Crippen LogP contribution >= 0.6 is 11.6 Å². The highest BCUT2D eigenvalue weighted by Gasteiger charge is 2.31. The van der Waals surface area contributed by atoms with Crippen LogP contribution in [-0.2, 0) is 22.1 Å². The number of carbonyl (C=O) groups excluding carboxylic acids is 1. The number of hydrogen-bond donors (Lipinski definition) is 0. The topological polar surface area (TPSA) is 81.5 Å². The molecule has 0 bridgehead atoms. The Labute approximate surface area is 211 Å². The van der Waals surface area contributed by atoms with Crippen LogP contribution in [0.2, 0.25) is 5.02 Å². The van der Waals surface area contributed by atoms with Crippen molar-refractivity contribution in [3.05, 3.63) is 76.6 Å². The van der Waals surface area contributed by atoms with Crippen molar-refractivity contribution in [1.82, 2.24) is 14.5 Å². The first-order chi connectivity index (χ1) is 16.7. The summed E-state index contributed by atoms with van der Waals surface area (Å²) in [5, 5.41) is 0.390. The van der Waals surface area contributed by atoms with E-state index in [0.717, 1.165) is 12.8 Å². The van der Waals surface area contributed by atoms with E-state index < -0.39 is 9.84 Å². The van der Waals surface area contributed by atoms with Crippen molar-refractivity contribution in [3.63, 3.8) is 0 Å². The van der Waals surface area contributed by atoms with Gasteiger partial charge < -0.3 is 14.2 Å². The van der Waals surface area contributed by atoms with Crippen molar-refractivity contribution < 1.29 is 17.9 Å². The van der Waals surface area contributed by atoms with Gasteiger partial charge in [-0.1, -0.05) is 35.9 Å². The minimum atomic E-state index is -3.77. The Morgan fingerprint density at radius 2 is 1.94 bits per heavy atom. The molecule has 0 spiro atoms. The zero-order valence-electron chi connectivity index (χ0n) is 20.1. The van der Waals surface area contributed by atoms with Crippen LogP contribution in [0, 0.1) is 5.92 Å². The third-order valence-corrected chi connectivity index (χ3v) is 7.99. The van der Waals surface area contributed by atoms with Crippen molar-refractivity contribution in [2.45, 2.75) is 50.2 Å². The van der Waals surface area contributed by atoms with E-state index in [1.165, 1.54) is 0 Å². The van der Waals surface area contributed by atoms with E-state index in [9.17, 15) is 13.2 Å². The second-order valence-corrected chi connectivity index (χ2v) is 11.5. The van der Waals surface area contributed by atoms with Crippen molar-refractivity contribution in [2.75, 3.05) is 13.7 Å². The zero-order valence-corrected chi connectivity index (χ0v) is 21.7. The molecule has 1 aromatic heterocycles. The monoisotopic (exact) mass is 515 g/mol. The molecule has 1 aliphatic carbocycles. The molecule has 1 amide bonds. The van der Waals surface area contributed by atoms with Crippen LogP contribution in [0.3, 0.4) is 0 Å². The summed E-state index contributed by atoms with van der Waals surface area (Å²) in [4.78, 5) is 19.6. The lowest BCUT2D eigenvalue weighted by Crippen LogP contribution is -2.33. The van der Waals surface area contributed by atoms with E-state index in [2.05, 4.69) is 4.98 Å². The van der Waals surface area contributed by atoms with Crippen LogP contribution in [0.1, 0.15) is 54.3 Å². The lowest BCUT2D eigenvalue weighted by molar-refractivity contribution is 0.0729. The van der Waals surface area contributed by atoms with Crippen LogP contribution in [-0.4, -0.2) is 42.4 Å². The van der Waals surface area contributed by atoms with Gasteiger partial charge in [-0.2, -0.15) is 0 Å². The first kappa shape index (κ1) is 25.3. The molecular weight excluding hydrogens is 486 g/mol. The lowest BCUT2D eigenvalue weighted by Gasteiger charge is -2.25. The number of rotatable bonds is 10. The molecule has 0 atom stereocenters. The molecule has 0 N–H and O–H groups in total. The summed E-state index contributed by atoms with van der Waals surface area (Å²) in [7, 11) is -2.20. The molecule has 1 saturated carbocycles. The van der Waals surface area contributed by atoms with Crippen LogP contribution in [0.15, 0.2) is 59.9 Å². The molecule has 35 heavy (non-hydrogen) atoms. The summed E-state index contributed by atoms with van der Waals surface area (Å²) in [6.45, 7) is 4.70. The minimum absolute atomic E-state index is 0.0115. The Hall–Kier alpha value is -2.84. The summed E-state index contributed by atoms with van der Waals surface area (Å²) in [5.41, 5.74) is 1.74. The highest BCUT2D eigenvalue weighted by atomic mass is 35.5. The van der Waals surface area contributed by atoms with E-state index in [1.54, 1.807) is 71.3 Å². The maximum absolute atomic E-state index is 13.5. The minimum Gasteiger partial charge on any atom is -0.497 e. The lowest BCUT2D eigenvalue weighted by atomic mass is 10.1. The number of sulfone groups is 1. The Kier molecular flexibility index (Phi) is 7.52. The summed E-state index contributed by atoms with van der Waals surface area (Å²) in [5.74, 6) is 0.711. The van der Waals surface area contributed by atoms with Crippen LogP contribution in [0.5, 0.6) is 5.75 Å². The van der Waals surface area contributed by atoms with E-state index >= 15 is 0 Å². The van der Waals surface area contributed by atoms with Gasteiger partial charge >= 0.3 is 0 Å². The van der Waals surface area contributed by atoms with Gasteiger partial charge in [0.15, 0.2) is 0 Å². The molecule has 1 aliphatic rings. The Balaban J connectivity index is 1.65. The number of hydrogen-bond acceptors (Lipinski definition) is 5. The number of ether oxygens (including phenoxy) is 1. The van der Waals surface area contributed by atoms with Crippen molar-refractivity contribution in [3.8, 4) is 5.75 Å². The number of benzene rings is 2. The normalized spacial score (nSPS) is 13.7. The summed E-state index contributed by atoms with van der Waals surface area (Å²) in [6, 6.07) is 13.8. The standard InChI is InChI=1S/C26H30ClN3O4S/c1-18(2)30-22(14-28-26(30)35(32,33)17-21-7-4-5-10-24(21)27)16-29(15-19-11-12-19)25(31)20-8-6-9-23(13-20)34-3/h4-10,13-14,18-19H,11-12,15-17H2,1-3H3. The maximum Gasteiger partial charge on any atom is 0.254 e. The molecule has 0 aliphatic heterocycles. The van der Waals surface area contributed by atoms with Crippen LogP contribution in [0.25, 0.3) is 0 Å². The molecule has 7 nitrogen and oxygen atoms in total. The molecule has 4 rings (SSSR count). The molecule has 3 aromatic rings. The Morgan fingerprint density at radius 3 is 2.60 bits per heavy atom. The van der Waals surface area contributed by atoms with Gasteiger partial charge in [0.2, 0.25) is 15.0 Å². The Morgan fingerprint density at radius 1 is 1.20 bits per heavy atom. The van der Waals surface area contributed by atoms with Crippen molar-refractivity contribution in [2.24, 2.45) is 5.92 Å². The van der Waals surface area contributed by atoms with Gasteiger partial charge in [0.25, 0.3) is 5.91 Å². The van der Waals surface area contributed by atoms with Gasteiger partial charge in [-0.25, -0.2) is 13.4 Å². The summed E-state index contributed by atoms with van der Waals surface area (Å²) < 4.78 is 33.7. The number of nitrogens with zero attached hydrogens (tertiary/aromatic N) is 3. The second-order valence-electron chi connectivity index (χ2n) is 9.21. The molecule has 0 unspecified atom stereocenters. The maximum atomic E-state index is 13.5. The largest absolute Gasteiger partial charge is 0.497 e.